The topological polar surface area (TPSA) is 45.0 Å². The van der Waals surface area contributed by atoms with Crippen LogP contribution in [-0.4, -0.2) is 6.61 Å². The van der Waals surface area contributed by atoms with Gasteiger partial charge >= 0.3 is 0 Å². The van der Waals surface area contributed by atoms with E-state index in [4.69, 9.17) is 10.00 Å². The zero-order valence-corrected chi connectivity index (χ0v) is 11.7. The third-order valence-corrected chi connectivity index (χ3v) is 3.81. The predicted octanol–water partition coefficient (Wildman–Crippen LogP) is 3.25. The van der Waals surface area contributed by atoms with Crippen LogP contribution in [0.1, 0.15) is 16.0 Å². The Morgan fingerprint density at radius 3 is 2.95 bits per heavy atom. The highest BCUT2D eigenvalue weighted by molar-refractivity contribution is 7.10. The molecule has 0 aliphatic heterocycles. The van der Waals surface area contributed by atoms with E-state index in [-0.39, 0.29) is 6.61 Å². The molecule has 0 amide bonds. The molecule has 3 nitrogen and oxygen atoms in total. The molecule has 0 bridgehead atoms. The fourth-order valence-corrected chi connectivity index (χ4v) is 2.64. The Morgan fingerprint density at radius 2 is 2.21 bits per heavy atom. The van der Waals surface area contributed by atoms with Crippen molar-refractivity contribution in [3.05, 3.63) is 51.7 Å². The summed E-state index contributed by atoms with van der Waals surface area (Å²) in [7, 11) is 0. The molecule has 0 radical (unpaired) electrons. The number of benzene rings is 1. The van der Waals surface area contributed by atoms with Gasteiger partial charge in [-0.1, -0.05) is 12.1 Å². The van der Waals surface area contributed by atoms with Gasteiger partial charge < -0.3 is 10.1 Å². The fourth-order valence-electron chi connectivity index (χ4n) is 1.77. The fraction of sp³-hybridized carbons (Fsp3) is 0.267. The van der Waals surface area contributed by atoms with Gasteiger partial charge in [0.25, 0.3) is 0 Å². The van der Waals surface area contributed by atoms with Crippen molar-refractivity contribution in [2.45, 2.75) is 20.0 Å². The number of ether oxygens (including phenoxy) is 1. The van der Waals surface area contributed by atoms with Gasteiger partial charge in [-0.15, -0.1) is 11.3 Å². The average molecular weight is 272 g/mol. The first kappa shape index (κ1) is 13.6. The van der Waals surface area contributed by atoms with E-state index in [1.807, 2.05) is 30.3 Å². The van der Waals surface area contributed by atoms with Gasteiger partial charge in [-0.25, -0.2) is 0 Å². The van der Waals surface area contributed by atoms with Crippen LogP contribution in [0.15, 0.2) is 35.7 Å². The zero-order chi connectivity index (χ0) is 13.5. The molecule has 1 aromatic carbocycles. The maximum atomic E-state index is 8.48. The molecule has 0 aliphatic rings. The molecule has 0 atom stereocenters. The first-order valence-corrected chi connectivity index (χ1v) is 7.00. The van der Waals surface area contributed by atoms with E-state index in [2.05, 4.69) is 23.7 Å². The summed E-state index contributed by atoms with van der Waals surface area (Å²) in [6, 6.07) is 11.9. The smallest absolute Gasteiger partial charge is 0.174 e. The number of rotatable bonds is 6. The molecule has 0 saturated heterocycles. The lowest BCUT2D eigenvalue weighted by Crippen LogP contribution is -2.12. The molecule has 98 valence electrons. The van der Waals surface area contributed by atoms with Crippen LogP contribution in [0.2, 0.25) is 0 Å². The van der Waals surface area contributed by atoms with Gasteiger partial charge in [-0.3, -0.25) is 0 Å². The minimum Gasteiger partial charge on any atom is -0.479 e. The monoisotopic (exact) mass is 272 g/mol. The standard InChI is InChI=1S/C15H16N2OS/c1-12-5-8-19-15(12)11-17-10-13-3-2-4-14(9-13)18-7-6-16/h2-5,8-9,17H,7,10-11H2,1H3. The molecule has 2 aromatic rings. The molecule has 1 N–H and O–H groups in total. The lowest BCUT2D eigenvalue weighted by Gasteiger charge is -2.07. The third kappa shape index (κ3) is 4.09. The highest BCUT2D eigenvalue weighted by Gasteiger charge is 2.00. The zero-order valence-electron chi connectivity index (χ0n) is 10.8. The van der Waals surface area contributed by atoms with Crippen molar-refractivity contribution < 1.29 is 4.74 Å². The summed E-state index contributed by atoms with van der Waals surface area (Å²) in [5.41, 5.74) is 2.49. The summed E-state index contributed by atoms with van der Waals surface area (Å²) in [5.74, 6) is 0.744. The normalized spacial score (nSPS) is 10.1. The summed E-state index contributed by atoms with van der Waals surface area (Å²) in [4.78, 5) is 1.37. The minimum atomic E-state index is 0.0886. The van der Waals surface area contributed by atoms with E-state index in [1.165, 1.54) is 10.4 Å². The van der Waals surface area contributed by atoms with Crippen molar-refractivity contribution in [3.63, 3.8) is 0 Å². The SMILES string of the molecule is Cc1ccsc1CNCc1cccc(OCC#N)c1. The summed E-state index contributed by atoms with van der Waals surface area (Å²) in [5, 5.41) is 14.0. The van der Waals surface area contributed by atoms with Crippen molar-refractivity contribution in [1.82, 2.24) is 5.32 Å². The molecule has 0 fully saturated rings. The molecule has 0 aliphatic carbocycles. The second-order valence-electron chi connectivity index (χ2n) is 4.22. The average Bonchev–Trinajstić information content (AvgIpc) is 2.83. The predicted molar refractivity (Wildman–Crippen MR) is 77.1 cm³/mol. The lowest BCUT2D eigenvalue weighted by molar-refractivity contribution is 0.367. The molecule has 0 spiro atoms. The number of aryl methyl sites for hydroxylation is 1. The number of thiophene rings is 1. The quantitative estimate of drug-likeness (QED) is 0.878. The molecular weight excluding hydrogens is 256 g/mol. The minimum absolute atomic E-state index is 0.0886. The van der Waals surface area contributed by atoms with E-state index in [0.717, 1.165) is 24.4 Å². The van der Waals surface area contributed by atoms with Crippen LogP contribution < -0.4 is 10.1 Å². The highest BCUT2D eigenvalue weighted by atomic mass is 32.1. The van der Waals surface area contributed by atoms with Gasteiger partial charge in [0.2, 0.25) is 0 Å². The van der Waals surface area contributed by atoms with Crippen LogP contribution in [0, 0.1) is 18.3 Å². The van der Waals surface area contributed by atoms with Gasteiger partial charge in [0.15, 0.2) is 6.61 Å². The summed E-state index contributed by atoms with van der Waals surface area (Å²) >= 11 is 1.78. The molecular formula is C15H16N2OS. The Balaban J connectivity index is 1.86. The van der Waals surface area contributed by atoms with Crippen LogP contribution >= 0.6 is 11.3 Å². The highest BCUT2D eigenvalue weighted by Crippen LogP contribution is 2.16. The van der Waals surface area contributed by atoms with E-state index in [9.17, 15) is 0 Å². The van der Waals surface area contributed by atoms with Crippen molar-refractivity contribution in [2.75, 3.05) is 6.61 Å². The molecule has 0 saturated carbocycles. The Labute approximate surface area is 117 Å². The van der Waals surface area contributed by atoms with Gasteiger partial charge in [0, 0.05) is 18.0 Å². The van der Waals surface area contributed by atoms with Crippen molar-refractivity contribution in [1.29, 1.82) is 5.26 Å². The van der Waals surface area contributed by atoms with E-state index in [0.29, 0.717) is 0 Å². The van der Waals surface area contributed by atoms with Gasteiger partial charge in [0.1, 0.15) is 11.8 Å². The van der Waals surface area contributed by atoms with Gasteiger partial charge in [-0.2, -0.15) is 5.26 Å². The van der Waals surface area contributed by atoms with Crippen LogP contribution in [0.4, 0.5) is 0 Å². The van der Waals surface area contributed by atoms with Crippen molar-refractivity contribution >= 4 is 11.3 Å². The molecule has 2 rings (SSSR count). The maximum absolute atomic E-state index is 8.48. The first-order chi connectivity index (χ1) is 9.29. The molecule has 4 heteroatoms. The summed E-state index contributed by atoms with van der Waals surface area (Å²) in [6.45, 7) is 3.89. The largest absolute Gasteiger partial charge is 0.479 e. The second-order valence-corrected chi connectivity index (χ2v) is 5.23. The Hall–Kier alpha value is -1.83. The first-order valence-electron chi connectivity index (χ1n) is 6.12. The van der Waals surface area contributed by atoms with E-state index in [1.54, 1.807) is 11.3 Å². The van der Waals surface area contributed by atoms with Crippen LogP contribution in [0.5, 0.6) is 5.75 Å². The summed E-state index contributed by atoms with van der Waals surface area (Å²) in [6.07, 6.45) is 0. The third-order valence-electron chi connectivity index (χ3n) is 2.78. The number of nitriles is 1. The van der Waals surface area contributed by atoms with Gasteiger partial charge in [-0.05, 0) is 41.6 Å². The molecule has 19 heavy (non-hydrogen) atoms. The number of nitrogens with zero attached hydrogens (tertiary/aromatic N) is 1. The maximum Gasteiger partial charge on any atom is 0.174 e. The van der Waals surface area contributed by atoms with Crippen LogP contribution in [0.25, 0.3) is 0 Å². The Kier molecular flexibility index (Phi) is 4.96. The van der Waals surface area contributed by atoms with E-state index < -0.39 is 0 Å². The number of nitrogens with one attached hydrogen (secondary N) is 1. The number of hydrogen-bond acceptors (Lipinski definition) is 4. The molecule has 1 aromatic heterocycles. The van der Waals surface area contributed by atoms with Crippen LogP contribution in [0.3, 0.4) is 0 Å². The molecule has 1 heterocycles. The Bertz CT molecular complexity index is 572. The van der Waals surface area contributed by atoms with Crippen LogP contribution in [-0.2, 0) is 13.1 Å². The lowest BCUT2D eigenvalue weighted by atomic mass is 10.2. The van der Waals surface area contributed by atoms with Gasteiger partial charge in [0.05, 0.1) is 0 Å². The second kappa shape index (κ2) is 6.93. The summed E-state index contributed by atoms with van der Waals surface area (Å²) < 4.78 is 5.28. The van der Waals surface area contributed by atoms with Crippen molar-refractivity contribution in [2.24, 2.45) is 0 Å². The van der Waals surface area contributed by atoms with E-state index >= 15 is 0 Å². The Morgan fingerprint density at radius 1 is 1.32 bits per heavy atom. The van der Waals surface area contributed by atoms with Crippen molar-refractivity contribution in [3.8, 4) is 11.8 Å². The number of hydrogen-bond donors (Lipinski definition) is 1. The molecule has 0 unspecified atom stereocenters.